The lowest BCUT2D eigenvalue weighted by molar-refractivity contribution is -0.146. The molecule has 0 atom stereocenters. The number of carboxylic acids is 1. The minimum absolute atomic E-state index is 0.0378. The Kier molecular flexibility index (Phi) is 5.74. The monoisotopic (exact) mass is 342 g/mol. The van der Waals surface area contributed by atoms with Gasteiger partial charge >= 0.3 is 5.97 Å². The van der Waals surface area contributed by atoms with Crippen LogP contribution < -0.4 is 4.74 Å². The van der Waals surface area contributed by atoms with Gasteiger partial charge in [-0.1, -0.05) is 6.92 Å². The maximum absolute atomic E-state index is 12.1. The van der Waals surface area contributed by atoms with Crippen molar-refractivity contribution in [2.45, 2.75) is 33.6 Å². The molecule has 0 aliphatic carbocycles. The zero-order valence-corrected chi connectivity index (χ0v) is 13.5. The summed E-state index contributed by atoms with van der Waals surface area (Å²) in [6.07, 6.45) is 0.865. The number of benzene rings is 1. The molecule has 1 aromatic carbocycles. The third-order valence-corrected chi connectivity index (χ3v) is 3.52. The first-order valence-corrected chi connectivity index (χ1v) is 7.26. The first kappa shape index (κ1) is 16.7. The Hall–Kier alpha value is -1.36. The van der Waals surface area contributed by atoms with Crippen LogP contribution in [0.1, 0.15) is 44.0 Å². The maximum atomic E-state index is 12.1. The molecule has 1 N–H and O–H groups in total. The highest BCUT2D eigenvalue weighted by atomic mass is 79.9. The number of aliphatic carboxylic acids is 1. The van der Waals surface area contributed by atoms with E-state index in [1.165, 1.54) is 0 Å². The van der Waals surface area contributed by atoms with Crippen molar-refractivity contribution in [2.75, 3.05) is 6.61 Å². The molecule has 1 rings (SSSR count). The van der Waals surface area contributed by atoms with E-state index in [-0.39, 0.29) is 12.2 Å². The predicted molar refractivity (Wildman–Crippen MR) is 80.3 cm³/mol. The first-order chi connectivity index (χ1) is 9.27. The van der Waals surface area contributed by atoms with E-state index in [0.29, 0.717) is 22.4 Å². The highest BCUT2D eigenvalue weighted by molar-refractivity contribution is 9.10. The molecular weight excluding hydrogens is 324 g/mol. The molecule has 0 amide bonds. The van der Waals surface area contributed by atoms with E-state index >= 15 is 0 Å². The van der Waals surface area contributed by atoms with E-state index in [1.807, 2.05) is 6.92 Å². The third kappa shape index (κ3) is 4.34. The van der Waals surface area contributed by atoms with Crippen molar-refractivity contribution in [3.05, 3.63) is 28.2 Å². The number of rotatable bonds is 7. The van der Waals surface area contributed by atoms with Crippen molar-refractivity contribution in [1.82, 2.24) is 0 Å². The van der Waals surface area contributed by atoms with E-state index in [2.05, 4.69) is 15.9 Å². The van der Waals surface area contributed by atoms with Crippen LogP contribution in [-0.4, -0.2) is 23.5 Å². The van der Waals surface area contributed by atoms with E-state index in [4.69, 9.17) is 9.84 Å². The first-order valence-electron chi connectivity index (χ1n) is 6.47. The predicted octanol–water partition coefficient (Wildman–Crippen LogP) is 3.92. The zero-order valence-electron chi connectivity index (χ0n) is 11.9. The molecule has 0 saturated carbocycles. The van der Waals surface area contributed by atoms with Crippen LogP contribution in [0.15, 0.2) is 22.7 Å². The van der Waals surface area contributed by atoms with Crippen molar-refractivity contribution in [1.29, 1.82) is 0 Å². The molecule has 0 radical (unpaired) electrons. The second-order valence-corrected chi connectivity index (χ2v) is 6.14. The van der Waals surface area contributed by atoms with E-state index in [0.717, 1.165) is 6.42 Å². The topological polar surface area (TPSA) is 63.6 Å². The average molecular weight is 343 g/mol. The van der Waals surface area contributed by atoms with Crippen LogP contribution in [0.4, 0.5) is 0 Å². The number of carbonyl (C=O) groups is 2. The SMILES string of the molecule is CCCOc1ccc(C(=O)CC(C)(C)C(=O)O)cc1Br. The van der Waals surface area contributed by atoms with Gasteiger partial charge in [0.15, 0.2) is 5.78 Å². The van der Waals surface area contributed by atoms with Crippen molar-refractivity contribution >= 4 is 27.7 Å². The Morgan fingerprint density at radius 1 is 1.35 bits per heavy atom. The van der Waals surface area contributed by atoms with E-state index < -0.39 is 11.4 Å². The fraction of sp³-hybridized carbons (Fsp3) is 0.467. The Labute approximate surface area is 127 Å². The Morgan fingerprint density at radius 3 is 2.50 bits per heavy atom. The summed E-state index contributed by atoms with van der Waals surface area (Å²) in [6.45, 7) is 5.71. The second kappa shape index (κ2) is 6.88. The number of carboxylic acid groups (broad SMARTS) is 1. The molecule has 20 heavy (non-hydrogen) atoms. The number of hydrogen-bond donors (Lipinski definition) is 1. The molecule has 0 aliphatic rings. The summed E-state index contributed by atoms with van der Waals surface area (Å²) in [6, 6.07) is 5.06. The van der Waals surface area contributed by atoms with Crippen molar-refractivity contribution in [2.24, 2.45) is 5.41 Å². The highest BCUT2D eigenvalue weighted by Crippen LogP contribution is 2.29. The molecule has 0 heterocycles. The molecule has 0 aliphatic heterocycles. The van der Waals surface area contributed by atoms with Gasteiger partial charge in [0.1, 0.15) is 5.75 Å². The second-order valence-electron chi connectivity index (χ2n) is 5.28. The number of hydrogen-bond acceptors (Lipinski definition) is 3. The summed E-state index contributed by atoms with van der Waals surface area (Å²) in [7, 11) is 0. The molecule has 0 unspecified atom stereocenters. The lowest BCUT2D eigenvalue weighted by Gasteiger charge is -2.18. The van der Waals surface area contributed by atoms with Gasteiger partial charge in [-0.2, -0.15) is 0 Å². The molecule has 0 saturated heterocycles. The summed E-state index contributed by atoms with van der Waals surface area (Å²) in [5.74, 6) is -0.492. The molecule has 4 nitrogen and oxygen atoms in total. The van der Waals surface area contributed by atoms with Crippen LogP contribution in [-0.2, 0) is 4.79 Å². The fourth-order valence-corrected chi connectivity index (χ4v) is 2.08. The lowest BCUT2D eigenvalue weighted by Crippen LogP contribution is -2.26. The lowest BCUT2D eigenvalue weighted by atomic mass is 9.86. The normalized spacial score (nSPS) is 11.2. The molecule has 0 fully saturated rings. The van der Waals surface area contributed by atoms with Gasteiger partial charge in [0.2, 0.25) is 0 Å². The van der Waals surface area contributed by atoms with Crippen molar-refractivity contribution in [3.8, 4) is 5.75 Å². The van der Waals surface area contributed by atoms with Crippen LogP contribution in [0, 0.1) is 5.41 Å². The Morgan fingerprint density at radius 2 is 2.00 bits per heavy atom. The summed E-state index contributed by atoms with van der Waals surface area (Å²) < 4.78 is 6.21. The van der Waals surface area contributed by atoms with Gasteiger partial charge in [0.25, 0.3) is 0 Å². The highest BCUT2D eigenvalue weighted by Gasteiger charge is 2.30. The molecular formula is C15H19BrO4. The average Bonchev–Trinajstić information content (AvgIpc) is 2.36. The van der Waals surface area contributed by atoms with Crippen molar-refractivity contribution < 1.29 is 19.4 Å². The van der Waals surface area contributed by atoms with Crippen LogP contribution in [0.5, 0.6) is 5.75 Å². The summed E-state index contributed by atoms with van der Waals surface area (Å²) in [4.78, 5) is 23.2. The number of halogens is 1. The van der Waals surface area contributed by atoms with E-state index in [9.17, 15) is 9.59 Å². The van der Waals surface area contributed by atoms with E-state index in [1.54, 1.807) is 32.0 Å². The molecule has 0 bridgehead atoms. The van der Waals surface area contributed by atoms with Gasteiger partial charge in [0, 0.05) is 12.0 Å². The van der Waals surface area contributed by atoms with Gasteiger partial charge in [-0.15, -0.1) is 0 Å². The molecule has 5 heteroatoms. The summed E-state index contributed by atoms with van der Waals surface area (Å²) in [5.41, 5.74) is -0.587. The third-order valence-electron chi connectivity index (χ3n) is 2.90. The molecule has 110 valence electrons. The number of ether oxygens (including phenoxy) is 1. The zero-order chi connectivity index (χ0) is 15.3. The quantitative estimate of drug-likeness (QED) is 0.762. The minimum atomic E-state index is -1.07. The van der Waals surface area contributed by atoms with Gasteiger partial charge in [-0.25, -0.2) is 0 Å². The molecule has 0 spiro atoms. The van der Waals surface area contributed by atoms with Gasteiger partial charge in [0.05, 0.1) is 16.5 Å². The van der Waals surface area contributed by atoms with Gasteiger partial charge in [-0.05, 0) is 54.4 Å². The van der Waals surface area contributed by atoms with Crippen LogP contribution >= 0.6 is 15.9 Å². The Balaban J connectivity index is 2.85. The fourth-order valence-electron chi connectivity index (χ4n) is 1.58. The van der Waals surface area contributed by atoms with Crippen LogP contribution in [0.25, 0.3) is 0 Å². The number of ketones is 1. The summed E-state index contributed by atoms with van der Waals surface area (Å²) >= 11 is 3.36. The number of Topliss-reactive ketones (excluding diaryl/α,β-unsaturated/α-hetero) is 1. The Bertz CT molecular complexity index is 509. The standard InChI is InChI=1S/C15H19BrO4/c1-4-7-20-13-6-5-10(8-11(13)16)12(17)9-15(2,3)14(18)19/h5-6,8H,4,7,9H2,1-3H3,(H,18,19). The maximum Gasteiger partial charge on any atom is 0.309 e. The van der Waals surface area contributed by atoms with Crippen LogP contribution in [0.2, 0.25) is 0 Å². The van der Waals surface area contributed by atoms with Gasteiger partial charge < -0.3 is 9.84 Å². The van der Waals surface area contributed by atoms with Gasteiger partial charge in [-0.3, -0.25) is 9.59 Å². The van der Waals surface area contributed by atoms with Crippen molar-refractivity contribution in [3.63, 3.8) is 0 Å². The largest absolute Gasteiger partial charge is 0.492 e. The number of carbonyl (C=O) groups excluding carboxylic acids is 1. The molecule has 0 aromatic heterocycles. The summed E-state index contributed by atoms with van der Waals surface area (Å²) in [5, 5.41) is 9.05. The van der Waals surface area contributed by atoms with Crippen LogP contribution in [0.3, 0.4) is 0 Å². The minimum Gasteiger partial charge on any atom is -0.492 e. The smallest absolute Gasteiger partial charge is 0.309 e. The molecule has 1 aromatic rings.